The molecule has 1 aromatic heterocycles. The van der Waals surface area contributed by atoms with Gasteiger partial charge in [0.1, 0.15) is 11.5 Å². The zero-order valence-electron chi connectivity index (χ0n) is 16.4. The summed E-state index contributed by atoms with van der Waals surface area (Å²) in [7, 11) is 1.27. The molecule has 0 bridgehead atoms. The van der Waals surface area contributed by atoms with Gasteiger partial charge < -0.3 is 19.5 Å². The number of methoxy groups -OCH3 is 1. The third-order valence-electron chi connectivity index (χ3n) is 3.62. The first kappa shape index (κ1) is 20.7. The Balaban J connectivity index is 2.10. The summed E-state index contributed by atoms with van der Waals surface area (Å²) in [6, 6.07) is 1.42. The summed E-state index contributed by atoms with van der Waals surface area (Å²) in [4.78, 5) is 24.1. The lowest BCUT2D eigenvalue weighted by Crippen LogP contribution is -2.25. The van der Waals surface area contributed by atoms with Gasteiger partial charge in [-0.25, -0.2) is 4.79 Å². The monoisotopic (exact) mass is 377 g/mol. The standard InChI is InChI=1S/C19H27N3O5/c1-11(2)10-26-14-6-13(7-15(8-14)27-12(3)4)18(23)20-17-9-16(21-22-17)19(24)25-5/h7-9,11-12,14H,6,10H2,1-5H3,(H2,20,21,22,23). The molecule has 8 heteroatoms. The molecule has 1 aromatic rings. The van der Waals surface area contributed by atoms with Crippen LogP contribution in [0.5, 0.6) is 0 Å². The fourth-order valence-corrected chi connectivity index (χ4v) is 2.46. The summed E-state index contributed by atoms with van der Waals surface area (Å²) in [5.74, 6) is 0.345. The molecule has 1 amide bonds. The van der Waals surface area contributed by atoms with E-state index < -0.39 is 5.97 Å². The second-order valence-electron chi connectivity index (χ2n) is 6.99. The van der Waals surface area contributed by atoms with Gasteiger partial charge in [0.15, 0.2) is 5.82 Å². The van der Waals surface area contributed by atoms with E-state index in [9.17, 15) is 9.59 Å². The Hall–Kier alpha value is -2.61. The van der Waals surface area contributed by atoms with E-state index in [4.69, 9.17) is 9.47 Å². The van der Waals surface area contributed by atoms with Crippen molar-refractivity contribution in [3.8, 4) is 0 Å². The number of carbonyl (C=O) groups excluding carboxylic acids is 2. The van der Waals surface area contributed by atoms with Crippen molar-refractivity contribution in [2.75, 3.05) is 19.0 Å². The molecule has 0 fully saturated rings. The molecule has 1 atom stereocenters. The topological polar surface area (TPSA) is 103 Å². The number of ether oxygens (including phenoxy) is 3. The Kier molecular flexibility index (Phi) is 7.18. The van der Waals surface area contributed by atoms with Crippen molar-refractivity contribution in [1.82, 2.24) is 10.2 Å². The van der Waals surface area contributed by atoms with Gasteiger partial charge in [0.05, 0.1) is 19.3 Å². The zero-order valence-corrected chi connectivity index (χ0v) is 16.4. The molecule has 1 unspecified atom stereocenters. The van der Waals surface area contributed by atoms with E-state index in [1.54, 1.807) is 6.08 Å². The number of allylic oxidation sites excluding steroid dienone is 1. The lowest BCUT2D eigenvalue weighted by molar-refractivity contribution is -0.113. The van der Waals surface area contributed by atoms with Crippen LogP contribution in [0.15, 0.2) is 29.6 Å². The van der Waals surface area contributed by atoms with Gasteiger partial charge in [-0.15, -0.1) is 0 Å². The van der Waals surface area contributed by atoms with Crippen LogP contribution in [-0.2, 0) is 19.0 Å². The quantitative estimate of drug-likeness (QED) is 0.676. The van der Waals surface area contributed by atoms with Crippen molar-refractivity contribution in [3.63, 3.8) is 0 Å². The minimum absolute atomic E-state index is 0.0189. The van der Waals surface area contributed by atoms with E-state index in [1.807, 2.05) is 19.9 Å². The summed E-state index contributed by atoms with van der Waals surface area (Å²) >= 11 is 0. The van der Waals surface area contributed by atoms with Gasteiger partial charge in [0.2, 0.25) is 0 Å². The highest BCUT2D eigenvalue weighted by Gasteiger charge is 2.23. The maximum absolute atomic E-state index is 12.6. The van der Waals surface area contributed by atoms with Crippen LogP contribution in [0.25, 0.3) is 0 Å². The molecule has 1 aliphatic rings. The number of esters is 1. The molecular formula is C19H27N3O5. The van der Waals surface area contributed by atoms with Crippen LogP contribution in [0.3, 0.4) is 0 Å². The highest BCUT2D eigenvalue weighted by molar-refractivity contribution is 6.04. The molecule has 27 heavy (non-hydrogen) atoms. The molecular weight excluding hydrogens is 350 g/mol. The lowest BCUT2D eigenvalue weighted by atomic mass is 10.0. The molecule has 1 heterocycles. The van der Waals surface area contributed by atoms with Crippen LogP contribution in [0.4, 0.5) is 5.82 Å². The highest BCUT2D eigenvalue weighted by Crippen LogP contribution is 2.24. The van der Waals surface area contributed by atoms with Gasteiger partial charge in [-0.2, -0.15) is 5.10 Å². The lowest BCUT2D eigenvalue weighted by Gasteiger charge is -2.23. The molecule has 8 nitrogen and oxygen atoms in total. The molecule has 0 aliphatic heterocycles. The van der Waals surface area contributed by atoms with Crippen molar-refractivity contribution in [1.29, 1.82) is 0 Å². The zero-order chi connectivity index (χ0) is 20.0. The Labute approximate surface area is 158 Å². The second kappa shape index (κ2) is 9.36. The molecule has 0 spiro atoms. The molecule has 0 saturated carbocycles. The average molecular weight is 377 g/mol. The minimum Gasteiger partial charge on any atom is -0.491 e. The summed E-state index contributed by atoms with van der Waals surface area (Å²) in [6.45, 7) is 8.57. The van der Waals surface area contributed by atoms with E-state index in [0.29, 0.717) is 30.3 Å². The number of amides is 1. The van der Waals surface area contributed by atoms with Crippen LogP contribution < -0.4 is 5.32 Å². The van der Waals surface area contributed by atoms with Crippen molar-refractivity contribution in [2.24, 2.45) is 5.92 Å². The Morgan fingerprint density at radius 2 is 2.07 bits per heavy atom. The van der Waals surface area contributed by atoms with Gasteiger partial charge in [0, 0.05) is 24.7 Å². The third kappa shape index (κ3) is 6.25. The molecule has 148 valence electrons. The predicted octanol–water partition coefficient (Wildman–Crippen LogP) is 2.82. The molecule has 0 saturated heterocycles. The molecule has 0 radical (unpaired) electrons. The molecule has 0 aromatic carbocycles. The van der Waals surface area contributed by atoms with Gasteiger partial charge >= 0.3 is 5.97 Å². The van der Waals surface area contributed by atoms with E-state index in [1.165, 1.54) is 13.2 Å². The first-order chi connectivity index (χ1) is 12.8. The number of hydrogen-bond donors (Lipinski definition) is 2. The van der Waals surface area contributed by atoms with E-state index in [0.717, 1.165) is 0 Å². The smallest absolute Gasteiger partial charge is 0.356 e. The Morgan fingerprint density at radius 1 is 1.33 bits per heavy atom. The van der Waals surface area contributed by atoms with Crippen LogP contribution in [0.1, 0.15) is 44.6 Å². The van der Waals surface area contributed by atoms with Crippen molar-refractivity contribution in [2.45, 2.75) is 46.3 Å². The number of aromatic nitrogens is 2. The van der Waals surface area contributed by atoms with Crippen molar-refractivity contribution < 1.29 is 23.8 Å². The second-order valence-corrected chi connectivity index (χ2v) is 6.99. The number of carbonyl (C=O) groups is 2. The molecule has 2 N–H and O–H groups in total. The number of rotatable bonds is 8. The molecule has 2 rings (SSSR count). The SMILES string of the molecule is COC(=O)c1cc(NC(=O)C2=CC(OC(C)C)=CC(OCC(C)C)C2)n[nH]1. The highest BCUT2D eigenvalue weighted by atomic mass is 16.5. The normalized spacial score (nSPS) is 16.8. The average Bonchev–Trinajstić information content (AvgIpc) is 3.07. The van der Waals surface area contributed by atoms with Crippen LogP contribution in [0, 0.1) is 5.92 Å². The van der Waals surface area contributed by atoms with Gasteiger partial charge in [-0.3, -0.25) is 9.89 Å². The van der Waals surface area contributed by atoms with E-state index in [-0.39, 0.29) is 29.6 Å². The summed E-state index contributed by atoms with van der Waals surface area (Å²) < 4.78 is 16.2. The maximum Gasteiger partial charge on any atom is 0.356 e. The first-order valence-corrected chi connectivity index (χ1v) is 8.94. The first-order valence-electron chi connectivity index (χ1n) is 8.94. The molecule has 1 aliphatic carbocycles. The Morgan fingerprint density at radius 3 is 2.70 bits per heavy atom. The summed E-state index contributed by atoms with van der Waals surface area (Å²) in [6.07, 6.45) is 3.77. The van der Waals surface area contributed by atoms with E-state index in [2.05, 4.69) is 34.1 Å². The van der Waals surface area contributed by atoms with Crippen LogP contribution in [0.2, 0.25) is 0 Å². The van der Waals surface area contributed by atoms with Crippen LogP contribution >= 0.6 is 0 Å². The van der Waals surface area contributed by atoms with Crippen LogP contribution in [-0.4, -0.2) is 48.0 Å². The minimum atomic E-state index is -0.558. The number of H-pyrrole nitrogens is 1. The number of anilines is 1. The predicted molar refractivity (Wildman–Crippen MR) is 100 cm³/mol. The fraction of sp³-hybridized carbons (Fsp3) is 0.526. The number of aromatic amines is 1. The third-order valence-corrected chi connectivity index (χ3v) is 3.62. The van der Waals surface area contributed by atoms with E-state index >= 15 is 0 Å². The summed E-state index contributed by atoms with van der Waals surface area (Å²) in [5, 5.41) is 9.10. The number of nitrogens with one attached hydrogen (secondary N) is 2. The van der Waals surface area contributed by atoms with Crippen molar-refractivity contribution in [3.05, 3.63) is 35.2 Å². The van der Waals surface area contributed by atoms with Gasteiger partial charge in [0.25, 0.3) is 5.91 Å². The Bertz CT molecular complexity index is 733. The summed E-state index contributed by atoms with van der Waals surface area (Å²) in [5.41, 5.74) is 0.678. The van der Waals surface area contributed by atoms with Gasteiger partial charge in [-0.1, -0.05) is 13.8 Å². The number of hydrogen-bond acceptors (Lipinski definition) is 6. The largest absolute Gasteiger partial charge is 0.491 e. The van der Waals surface area contributed by atoms with Crippen molar-refractivity contribution >= 4 is 17.7 Å². The number of nitrogens with zero attached hydrogens (tertiary/aromatic N) is 1. The fourth-order valence-electron chi connectivity index (χ4n) is 2.46. The maximum atomic E-state index is 12.6. The van der Waals surface area contributed by atoms with Gasteiger partial charge in [-0.05, 0) is 31.9 Å².